The molecule has 0 saturated carbocycles. The number of hydrogen-bond donors (Lipinski definition) is 0. The summed E-state index contributed by atoms with van der Waals surface area (Å²) >= 11 is 0. The van der Waals surface area contributed by atoms with Crippen LogP contribution in [0.15, 0.2) is 18.2 Å². The number of hydrogen-bond acceptors (Lipinski definition) is 2. The zero-order chi connectivity index (χ0) is 12.8. The summed E-state index contributed by atoms with van der Waals surface area (Å²) in [5.74, 6) is 0.280. The highest BCUT2D eigenvalue weighted by Gasteiger charge is 2.09. The maximum atomic E-state index is 13.7. The first-order valence-corrected chi connectivity index (χ1v) is 5.97. The highest BCUT2D eigenvalue weighted by Crippen LogP contribution is 2.13. The van der Waals surface area contributed by atoms with E-state index in [0.717, 1.165) is 13.1 Å². The van der Waals surface area contributed by atoms with Crippen LogP contribution in [0.4, 0.5) is 4.39 Å². The molecule has 0 spiro atoms. The summed E-state index contributed by atoms with van der Waals surface area (Å²) < 4.78 is 13.7. The molecular weight excluding hydrogens is 215 g/mol. The van der Waals surface area contributed by atoms with Crippen molar-refractivity contribution in [3.63, 3.8) is 0 Å². The maximum absolute atomic E-state index is 13.7. The second-order valence-electron chi connectivity index (χ2n) is 4.64. The van der Waals surface area contributed by atoms with Crippen LogP contribution in [0, 0.1) is 23.1 Å². The molecule has 0 amide bonds. The van der Waals surface area contributed by atoms with Gasteiger partial charge < -0.3 is 0 Å². The molecule has 1 rings (SSSR count). The average molecular weight is 234 g/mol. The fourth-order valence-corrected chi connectivity index (χ4v) is 1.81. The fourth-order valence-electron chi connectivity index (χ4n) is 1.81. The highest BCUT2D eigenvalue weighted by molar-refractivity contribution is 5.32. The standard InChI is InChI=1S/C14H19FN2/c1-4-17(9-11(2)3)10-13-6-5-12(8-16)7-14(13)15/h5-7,11H,4,9-10H2,1-3H3. The zero-order valence-electron chi connectivity index (χ0n) is 10.7. The van der Waals surface area contributed by atoms with E-state index in [9.17, 15) is 4.39 Å². The van der Waals surface area contributed by atoms with Gasteiger partial charge in [-0.25, -0.2) is 4.39 Å². The smallest absolute Gasteiger partial charge is 0.129 e. The number of halogens is 1. The molecule has 92 valence electrons. The van der Waals surface area contributed by atoms with Gasteiger partial charge >= 0.3 is 0 Å². The summed E-state index contributed by atoms with van der Waals surface area (Å²) in [6, 6.07) is 6.62. The van der Waals surface area contributed by atoms with E-state index in [1.165, 1.54) is 6.07 Å². The first kappa shape index (κ1) is 13.7. The summed E-state index contributed by atoms with van der Waals surface area (Å²) in [4.78, 5) is 2.20. The van der Waals surface area contributed by atoms with Gasteiger partial charge in [0, 0.05) is 18.7 Å². The Labute approximate surface area is 103 Å². The lowest BCUT2D eigenvalue weighted by atomic mass is 10.1. The first-order chi connectivity index (χ1) is 8.06. The van der Waals surface area contributed by atoms with Crippen LogP contribution in [0.25, 0.3) is 0 Å². The molecule has 0 radical (unpaired) electrons. The minimum Gasteiger partial charge on any atom is -0.299 e. The van der Waals surface area contributed by atoms with Crippen molar-refractivity contribution >= 4 is 0 Å². The maximum Gasteiger partial charge on any atom is 0.129 e. The van der Waals surface area contributed by atoms with Crippen LogP contribution in [0.3, 0.4) is 0 Å². The minimum absolute atomic E-state index is 0.286. The molecule has 0 atom stereocenters. The Kier molecular flexibility index (Phi) is 5.11. The SMILES string of the molecule is CCN(Cc1ccc(C#N)cc1F)CC(C)C. The van der Waals surface area contributed by atoms with Crippen LogP contribution in [-0.2, 0) is 6.54 Å². The molecule has 3 heteroatoms. The predicted molar refractivity (Wildman–Crippen MR) is 66.9 cm³/mol. The van der Waals surface area contributed by atoms with E-state index in [4.69, 9.17) is 5.26 Å². The van der Waals surface area contributed by atoms with E-state index in [1.54, 1.807) is 12.1 Å². The summed E-state index contributed by atoms with van der Waals surface area (Å²) in [7, 11) is 0. The van der Waals surface area contributed by atoms with E-state index < -0.39 is 0 Å². The minimum atomic E-state index is -0.286. The Morgan fingerprint density at radius 2 is 2.12 bits per heavy atom. The topological polar surface area (TPSA) is 27.0 Å². The van der Waals surface area contributed by atoms with Crippen molar-refractivity contribution in [2.75, 3.05) is 13.1 Å². The summed E-state index contributed by atoms with van der Waals surface area (Å²) in [6.07, 6.45) is 0. The summed E-state index contributed by atoms with van der Waals surface area (Å²) in [6.45, 7) is 8.83. The van der Waals surface area contributed by atoms with Gasteiger partial charge in [-0.15, -0.1) is 0 Å². The van der Waals surface area contributed by atoms with E-state index in [-0.39, 0.29) is 5.82 Å². The van der Waals surface area contributed by atoms with Gasteiger partial charge in [0.05, 0.1) is 11.6 Å². The number of rotatable bonds is 5. The average Bonchev–Trinajstić information content (AvgIpc) is 2.29. The third kappa shape index (κ3) is 4.16. The van der Waals surface area contributed by atoms with E-state index in [0.29, 0.717) is 23.6 Å². The van der Waals surface area contributed by atoms with Crippen molar-refractivity contribution in [2.24, 2.45) is 5.92 Å². The van der Waals surface area contributed by atoms with Gasteiger partial charge in [0.15, 0.2) is 0 Å². The van der Waals surface area contributed by atoms with Crippen LogP contribution in [0.1, 0.15) is 31.9 Å². The monoisotopic (exact) mass is 234 g/mol. The van der Waals surface area contributed by atoms with Crippen molar-refractivity contribution in [1.82, 2.24) is 4.90 Å². The van der Waals surface area contributed by atoms with Gasteiger partial charge in [0.1, 0.15) is 5.82 Å². The molecule has 17 heavy (non-hydrogen) atoms. The van der Waals surface area contributed by atoms with Gasteiger partial charge in [-0.2, -0.15) is 5.26 Å². The second-order valence-corrected chi connectivity index (χ2v) is 4.64. The van der Waals surface area contributed by atoms with Crippen LogP contribution >= 0.6 is 0 Å². The quantitative estimate of drug-likeness (QED) is 0.782. The summed E-state index contributed by atoms with van der Waals surface area (Å²) in [5, 5.41) is 8.67. The Morgan fingerprint density at radius 3 is 2.59 bits per heavy atom. The molecule has 0 aliphatic carbocycles. The lowest BCUT2D eigenvalue weighted by Crippen LogP contribution is -2.27. The van der Waals surface area contributed by atoms with Crippen LogP contribution < -0.4 is 0 Å². The molecule has 1 aromatic carbocycles. The Hall–Kier alpha value is -1.40. The number of nitrogens with zero attached hydrogens (tertiary/aromatic N) is 2. The molecule has 0 aliphatic heterocycles. The Bertz CT molecular complexity index is 407. The zero-order valence-corrected chi connectivity index (χ0v) is 10.7. The predicted octanol–water partition coefficient (Wildman–Crippen LogP) is 3.18. The Balaban J connectivity index is 2.76. The lowest BCUT2D eigenvalue weighted by Gasteiger charge is -2.22. The molecule has 2 nitrogen and oxygen atoms in total. The molecule has 0 N–H and O–H groups in total. The second kappa shape index (κ2) is 6.36. The van der Waals surface area contributed by atoms with Gasteiger partial charge in [-0.1, -0.05) is 26.8 Å². The van der Waals surface area contributed by atoms with Crippen molar-refractivity contribution in [3.8, 4) is 6.07 Å². The molecule has 0 fully saturated rings. The molecular formula is C14H19FN2. The van der Waals surface area contributed by atoms with Gasteiger partial charge in [-0.05, 0) is 24.6 Å². The number of benzene rings is 1. The molecule has 0 unspecified atom stereocenters. The van der Waals surface area contributed by atoms with Crippen molar-refractivity contribution in [3.05, 3.63) is 35.1 Å². The van der Waals surface area contributed by atoms with E-state index in [1.807, 2.05) is 6.07 Å². The Morgan fingerprint density at radius 1 is 1.41 bits per heavy atom. The van der Waals surface area contributed by atoms with Crippen LogP contribution in [-0.4, -0.2) is 18.0 Å². The molecule has 0 heterocycles. The van der Waals surface area contributed by atoms with Crippen LogP contribution in [0.5, 0.6) is 0 Å². The highest BCUT2D eigenvalue weighted by atomic mass is 19.1. The van der Waals surface area contributed by atoms with Gasteiger partial charge in [-0.3, -0.25) is 4.90 Å². The van der Waals surface area contributed by atoms with Gasteiger partial charge in [0.2, 0.25) is 0 Å². The third-order valence-corrected chi connectivity index (χ3v) is 2.65. The van der Waals surface area contributed by atoms with Crippen molar-refractivity contribution in [2.45, 2.75) is 27.3 Å². The van der Waals surface area contributed by atoms with Gasteiger partial charge in [0.25, 0.3) is 0 Å². The van der Waals surface area contributed by atoms with Crippen molar-refractivity contribution < 1.29 is 4.39 Å². The lowest BCUT2D eigenvalue weighted by molar-refractivity contribution is 0.245. The summed E-state index contributed by atoms with van der Waals surface area (Å²) in [5.41, 5.74) is 1.03. The van der Waals surface area contributed by atoms with Crippen molar-refractivity contribution in [1.29, 1.82) is 5.26 Å². The fraction of sp³-hybridized carbons (Fsp3) is 0.500. The molecule has 0 saturated heterocycles. The first-order valence-electron chi connectivity index (χ1n) is 5.97. The largest absolute Gasteiger partial charge is 0.299 e. The van der Waals surface area contributed by atoms with E-state index >= 15 is 0 Å². The van der Waals surface area contributed by atoms with E-state index in [2.05, 4.69) is 25.7 Å². The number of nitriles is 1. The third-order valence-electron chi connectivity index (χ3n) is 2.65. The molecule has 1 aromatic rings. The molecule has 0 aliphatic rings. The normalized spacial score (nSPS) is 10.9. The molecule has 0 bridgehead atoms. The van der Waals surface area contributed by atoms with Crippen LogP contribution in [0.2, 0.25) is 0 Å². The molecule has 0 aromatic heterocycles.